The van der Waals surface area contributed by atoms with Gasteiger partial charge < -0.3 is 14.2 Å². The number of ether oxygens (including phenoxy) is 3. The van der Waals surface area contributed by atoms with Gasteiger partial charge in [-0.3, -0.25) is 4.79 Å². The van der Waals surface area contributed by atoms with E-state index in [1.807, 2.05) is 30.3 Å². The van der Waals surface area contributed by atoms with Crippen LogP contribution >= 0.6 is 0 Å². The molecule has 17 heavy (non-hydrogen) atoms. The van der Waals surface area contributed by atoms with E-state index in [-0.39, 0.29) is 18.5 Å². The van der Waals surface area contributed by atoms with Gasteiger partial charge in [-0.2, -0.15) is 0 Å². The van der Waals surface area contributed by atoms with Gasteiger partial charge in [0.1, 0.15) is 6.10 Å². The summed E-state index contributed by atoms with van der Waals surface area (Å²) in [6.07, 6.45) is -0.0156. The molecule has 0 saturated carbocycles. The first-order chi connectivity index (χ1) is 8.13. The Morgan fingerprint density at radius 3 is 2.82 bits per heavy atom. The van der Waals surface area contributed by atoms with Crippen LogP contribution in [0.4, 0.5) is 0 Å². The Morgan fingerprint density at radius 1 is 1.47 bits per heavy atom. The van der Waals surface area contributed by atoms with Gasteiger partial charge in [-0.25, -0.2) is 0 Å². The van der Waals surface area contributed by atoms with Gasteiger partial charge in [0.05, 0.1) is 20.1 Å². The Balaban J connectivity index is 2.02. The summed E-state index contributed by atoms with van der Waals surface area (Å²) in [6, 6.07) is 9.83. The summed E-state index contributed by atoms with van der Waals surface area (Å²) >= 11 is 0. The van der Waals surface area contributed by atoms with E-state index in [1.54, 1.807) is 6.92 Å². The van der Waals surface area contributed by atoms with E-state index in [2.05, 4.69) is 4.74 Å². The summed E-state index contributed by atoms with van der Waals surface area (Å²) in [5.74, 6) is -1.21. The van der Waals surface area contributed by atoms with Crippen LogP contribution in [0.3, 0.4) is 0 Å². The van der Waals surface area contributed by atoms with Crippen LogP contribution in [-0.2, 0) is 19.0 Å². The van der Waals surface area contributed by atoms with Crippen molar-refractivity contribution in [3.63, 3.8) is 0 Å². The minimum Gasteiger partial charge on any atom is -0.469 e. The van der Waals surface area contributed by atoms with Crippen LogP contribution in [0, 0.1) is 0 Å². The van der Waals surface area contributed by atoms with E-state index >= 15 is 0 Å². The van der Waals surface area contributed by atoms with Crippen molar-refractivity contribution in [2.24, 2.45) is 0 Å². The summed E-state index contributed by atoms with van der Waals surface area (Å²) in [5, 5.41) is 0. The van der Waals surface area contributed by atoms with Crippen molar-refractivity contribution in [1.82, 2.24) is 0 Å². The fourth-order valence-corrected chi connectivity index (χ4v) is 1.88. The number of esters is 1. The standard InChI is InChI=1S/C13H16O4/c1-13(8-12(14)15-2)16-9-11(17-13)10-6-4-3-5-7-10/h3-7,11H,8-9H2,1-2H3/t11-,13-/m1/s1. The number of carbonyl (C=O) groups is 1. The van der Waals surface area contributed by atoms with Crippen LogP contribution in [-0.4, -0.2) is 25.5 Å². The van der Waals surface area contributed by atoms with Gasteiger partial charge in [0.15, 0.2) is 5.79 Å². The average Bonchev–Trinajstić information content (AvgIpc) is 2.72. The molecule has 1 aromatic carbocycles. The topological polar surface area (TPSA) is 44.8 Å². The zero-order valence-corrected chi connectivity index (χ0v) is 10.0. The molecule has 0 amide bonds. The molecule has 0 radical (unpaired) electrons. The van der Waals surface area contributed by atoms with E-state index < -0.39 is 5.79 Å². The molecule has 1 saturated heterocycles. The third-order valence-corrected chi connectivity index (χ3v) is 2.80. The molecule has 92 valence electrons. The lowest BCUT2D eigenvalue weighted by atomic mass is 10.1. The normalized spacial score (nSPS) is 28.0. The van der Waals surface area contributed by atoms with Gasteiger partial charge in [0.2, 0.25) is 0 Å². The number of methoxy groups -OCH3 is 1. The molecule has 1 fully saturated rings. The molecule has 1 aliphatic heterocycles. The molecule has 0 aromatic heterocycles. The Labute approximate surface area is 100 Å². The Bertz CT molecular complexity index is 390. The van der Waals surface area contributed by atoms with Gasteiger partial charge in [0, 0.05) is 0 Å². The highest BCUT2D eigenvalue weighted by atomic mass is 16.7. The first-order valence-corrected chi connectivity index (χ1v) is 5.56. The van der Waals surface area contributed by atoms with Crippen LogP contribution in [0.15, 0.2) is 30.3 Å². The van der Waals surface area contributed by atoms with Crippen LogP contribution in [0.2, 0.25) is 0 Å². The molecule has 2 atom stereocenters. The molecule has 1 aliphatic rings. The molecule has 0 spiro atoms. The third-order valence-electron chi connectivity index (χ3n) is 2.80. The Kier molecular flexibility index (Phi) is 3.45. The fraction of sp³-hybridized carbons (Fsp3) is 0.462. The second-order valence-electron chi connectivity index (χ2n) is 4.21. The summed E-state index contributed by atoms with van der Waals surface area (Å²) in [6.45, 7) is 2.21. The molecule has 1 aromatic rings. The summed E-state index contributed by atoms with van der Waals surface area (Å²) in [4.78, 5) is 11.2. The minimum absolute atomic E-state index is 0.104. The van der Waals surface area contributed by atoms with Crippen molar-refractivity contribution in [2.75, 3.05) is 13.7 Å². The second kappa shape index (κ2) is 4.85. The highest BCUT2D eigenvalue weighted by Gasteiger charge is 2.39. The van der Waals surface area contributed by atoms with E-state index in [1.165, 1.54) is 7.11 Å². The quantitative estimate of drug-likeness (QED) is 0.753. The molecule has 0 aliphatic carbocycles. The molecule has 4 heteroatoms. The molecule has 0 unspecified atom stereocenters. The zero-order valence-electron chi connectivity index (χ0n) is 10.0. The maximum Gasteiger partial charge on any atom is 0.310 e. The van der Waals surface area contributed by atoms with Gasteiger partial charge in [-0.05, 0) is 12.5 Å². The first kappa shape index (κ1) is 12.1. The van der Waals surface area contributed by atoms with Crippen molar-refractivity contribution in [3.05, 3.63) is 35.9 Å². The van der Waals surface area contributed by atoms with Crippen molar-refractivity contribution >= 4 is 5.97 Å². The predicted molar refractivity (Wildman–Crippen MR) is 61.3 cm³/mol. The predicted octanol–water partition coefficient (Wildman–Crippen LogP) is 2.05. The molecular weight excluding hydrogens is 220 g/mol. The SMILES string of the molecule is COC(=O)C[C@]1(C)OC[C@H](c2ccccc2)O1. The Hall–Kier alpha value is -1.39. The van der Waals surface area contributed by atoms with Crippen molar-refractivity contribution < 1.29 is 19.0 Å². The van der Waals surface area contributed by atoms with Gasteiger partial charge in [-0.1, -0.05) is 30.3 Å². The molecular formula is C13H16O4. The van der Waals surface area contributed by atoms with Gasteiger partial charge in [-0.15, -0.1) is 0 Å². The van der Waals surface area contributed by atoms with Gasteiger partial charge >= 0.3 is 5.97 Å². The summed E-state index contributed by atoms with van der Waals surface area (Å²) < 4.78 is 16.0. The molecule has 1 heterocycles. The van der Waals surface area contributed by atoms with Crippen molar-refractivity contribution in [2.45, 2.75) is 25.2 Å². The molecule has 0 bridgehead atoms. The van der Waals surface area contributed by atoms with E-state index in [4.69, 9.17) is 9.47 Å². The maximum atomic E-state index is 11.2. The van der Waals surface area contributed by atoms with E-state index in [9.17, 15) is 4.79 Å². The number of benzene rings is 1. The number of hydrogen-bond donors (Lipinski definition) is 0. The fourth-order valence-electron chi connectivity index (χ4n) is 1.88. The zero-order chi connectivity index (χ0) is 12.3. The highest BCUT2D eigenvalue weighted by molar-refractivity contribution is 5.70. The van der Waals surface area contributed by atoms with Crippen LogP contribution in [0.5, 0.6) is 0 Å². The van der Waals surface area contributed by atoms with Crippen LogP contribution < -0.4 is 0 Å². The van der Waals surface area contributed by atoms with Crippen molar-refractivity contribution in [1.29, 1.82) is 0 Å². The van der Waals surface area contributed by atoms with Crippen LogP contribution in [0.25, 0.3) is 0 Å². The average molecular weight is 236 g/mol. The second-order valence-corrected chi connectivity index (χ2v) is 4.21. The first-order valence-electron chi connectivity index (χ1n) is 5.56. The summed E-state index contributed by atoms with van der Waals surface area (Å²) in [7, 11) is 1.36. The minimum atomic E-state index is -0.881. The molecule has 0 N–H and O–H groups in total. The lowest BCUT2D eigenvalue weighted by Gasteiger charge is -2.21. The number of hydrogen-bond acceptors (Lipinski definition) is 4. The van der Waals surface area contributed by atoms with E-state index in [0.29, 0.717) is 6.61 Å². The lowest BCUT2D eigenvalue weighted by molar-refractivity contribution is -0.178. The van der Waals surface area contributed by atoms with E-state index in [0.717, 1.165) is 5.56 Å². The molecule has 4 nitrogen and oxygen atoms in total. The number of rotatable bonds is 3. The number of carbonyl (C=O) groups excluding carboxylic acids is 1. The van der Waals surface area contributed by atoms with Gasteiger partial charge in [0.25, 0.3) is 0 Å². The van der Waals surface area contributed by atoms with Crippen LogP contribution in [0.1, 0.15) is 25.0 Å². The summed E-state index contributed by atoms with van der Waals surface area (Å²) in [5.41, 5.74) is 1.06. The maximum absolute atomic E-state index is 11.2. The largest absolute Gasteiger partial charge is 0.469 e. The smallest absolute Gasteiger partial charge is 0.310 e. The third kappa shape index (κ3) is 2.84. The highest BCUT2D eigenvalue weighted by Crippen LogP contribution is 2.35. The van der Waals surface area contributed by atoms with Crippen molar-refractivity contribution in [3.8, 4) is 0 Å². The molecule has 2 rings (SSSR count). The lowest BCUT2D eigenvalue weighted by Crippen LogP contribution is -2.29. The monoisotopic (exact) mass is 236 g/mol. The Morgan fingerprint density at radius 2 is 2.18 bits per heavy atom.